The van der Waals surface area contributed by atoms with E-state index in [4.69, 9.17) is 11.6 Å². The number of halogens is 2. The van der Waals surface area contributed by atoms with E-state index < -0.39 is 5.82 Å². The molecule has 1 aromatic heterocycles. The number of hydrogen-bond acceptors (Lipinski definition) is 3. The van der Waals surface area contributed by atoms with Crippen LogP contribution in [0.25, 0.3) is 0 Å². The van der Waals surface area contributed by atoms with Gasteiger partial charge in [-0.3, -0.25) is 9.59 Å². The number of nitrogens with zero attached hydrogens (tertiary/aromatic N) is 1. The van der Waals surface area contributed by atoms with Gasteiger partial charge in [-0.2, -0.15) is 0 Å². The summed E-state index contributed by atoms with van der Waals surface area (Å²) in [6.07, 6.45) is 0.388. The average Bonchev–Trinajstić information content (AvgIpc) is 2.41. The normalized spacial score (nSPS) is 10.5. The summed E-state index contributed by atoms with van der Waals surface area (Å²) in [6.45, 7) is 3.43. The number of aromatic amines is 1. The fraction of sp³-hybridized carbons (Fsp3) is 0.267. The molecule has 1 aromatic carbocycles. The summed E-state index contributed by atoms with van der Waals surface area (Å²) in [5, 5.41) is 2.55. The van der Waals surface area contributed by atoms with Crippen LogP contribution < -0.4 is 10.9 Å². The van der Waals surface area contributed by atoms with Crippen molar-refractivity contribution in [2.24, 2.45) is 0 Å². The summed E-state index contributed by atoms with van der Waals surface area (Å²) in [5.74, 6) is -0.300. The zero-order valence-electron chi connectivity index (χ0n) is 12.2. The molecule has 7 heteroatoms. The van der Waals surface area contributed by atoms with Gasteiger partial charge < -0.3 is 10.3 Å². The molecule has 0 fully saturated rings. The lowest BCUT2D eigenvalue weighted by Crippen LogP contribution is -2.20. The number of carbonyl (C=O) groups is 1. The van der Waals surface area contributed by atoms with Crippen LogP contribution in [-0.2, 0) is 11.2 Å². The highest BCUT2D eigenvalue weighted by Crippen LogP contribution is 2.19. The van der Waals surface area contributed by atoms with Crippen LogP contribution >= 0.6 is 11.6 Å². The Kier molecular flexibility index (Phi) is 4.92. The zero-order chi connectivity index (χ0) is 16.3. The first-order valence-electron chi connectivity index (χ1n) is 6.68. The number of nitrogens with one attached hydrogen (secondary N) is 2. The van der Waals surface area contributed by atoms with Gasteiger partial charge in [0, 0.05) is 23.4 Å². The molecule has 2 aromatic rings. The van der Waals surface area contributed by atoms with Gasteiger partial charge in [-0.05, 0) is 38.5 Å². The van der Waals surface area contributed by atoms with E-state index in [1.54, 1.807) is 13.8 Å². The van der Waals surface area contributed by atoms with Crippen molar-refractivity contribution in [3.05, 3.63) is 56.5 Å². The monoisotopic (exact) mass is 323 g/mol. The molecular weight excluding hydrogens is 309 g/mol. The van der Waals surface area contributed by atoms with E-state index in [2.05, 4.69) is 15.3 Å². The summed E-state index contributed by atoms with van der Waals surface area (Å²) in [7, 11) is 0. The molecule has 1 heterocycles. The lowest BCUT2D eigenvalue weighted by atomic mass is 10.1. The second kappa shape index (κ2) is 6.70. The number of benzene rings is 1. The van der Waals surface area contributed by atoms with Crippen molar-refractivity contribution in [2.75, 3.05) is 5.32 Å². The van der Waals surface area contributed by atoms with Crippen molar-refractivity contribution in [3.63, 3.8) is 0 Å². The Hall–Kier alpha value is -2.21. The number of aromatic nitrogens is 2. The molecule has 0 aliphatic carbocycles. The molecule has 0 saturated carbocycles. The minimum Gasteiger partial charge on any atom is -0.326 e. The average molecular weight is 324 g/mol. The Morgan fingerprint density at radius 1 is 1.41 bits per heavy atom. The summed E-state index contributed by atoms with van der Waals surface area (Å²) in [4.78, 5) is 30.5. The quantitative estimate of drug-likeness (QED) is 0.908. The highest BCUT2D eigenvalue weighted by molar-refractivity contribution is 6.31. The highest BCUT2D eigenvalue weighted by atomic mass is 35.5. The minimum atomic E-state index is -0.549. The fourth-order valence-corrected chi connectivity index (χ4v) is 2.26. The van der Waals surface area contributed by atoms with Crippen LogP contribution in [-0.4, -0.2) is 15.9 Å². The van der Waals surface area contributed by atoms with Gasteiger partial charge >= 0.3 is 0 Å². The van der Waals surface area contributed by atoms with Gasteiger partial charge in [0.15, 0.2) is 0 Å². The van der Waals surface area contributed by atoms with E-state index in [0.29, 0.717) is 22.8 Å². The van der Waals surface area contributed by atoms with E-state index in [1.165, 1.54) is 18.2 Å². The number of anilines is 1. The molecule has 2 rings (SSSR count). The third kappa shape index (κ3) is 3.92. The molecule has 0 radical (unpaired) electrons. The second-order valence-corrected chi connectivity index (χ2v) is 5.30. The Bertz CT molecular complexity index is 774. The van der Waals surface area contributed by atoms with E-state index >= 15 is 0 Å². The smallest absolute Gasteiger partial charge is 0.254 e. The molecule has 116 valence electrons. The molecule has 0 saturated heterocycles. The van der Waals surface area contributed by atoms with E-state index in [-0.39, 0.29) is 29.3 Å². The molecule has 2 N–H and O–H groups in total. The SMILES string of the molecule is Cc1nc(C)c(CCC(=O)Nc2ccc(F)c(Cl)c2)c(=O)[nH]1. The molecule has 0 aliphatic heterocycles. The van der Waals surface area contributed by atoms with Gasteiger partial charge in [-0.15, -0.1) is 0 Å². The van der Waals surface area contributed by atoms with Gasteiger partial charge in [0.25, 0.3) is 5.56 Å². The zero-order valence-corrected chi connectivity index (χ0v) is 12.9. The van der Waals surface area contributed by atoms with Crippen molar-refractivity contribution in [2.45, 2.75) is 26.7 Å². The lowest BCUT2D eigenvalue weighted by molar-refractivity contribution is -0.116. The van der Waals surface area contributed by atoms with Crippen LogP contribution in [0.15, 0.2) is 23.0 Å². The maximum Gasteiger partial charge on any atom is 0.254 e. The van der Waals surface area contributed by atoms with Crippen molar-refractivity contribution >= 4 is 23.2 Å². The number of hydrogen-bond donors (Lipinski definition) is 2. The summed E-state index contributed by atoms with van der Waals surface area (Å²) < 4.78 is 13.0. The predicted molar refractivity (Wildman–Crippen MR) is 82.7 cm³/mol. The maximum atomic E-state index is 13.0. The molecule has 5 nitrogen and oxygen atoms in total. The molecule has 1 amide bonds. The Labute approximate surface area is 131 Å². The molecule has 0 atom stereocenters. The Balaban J connectivity index is 2.01. The highest BCUT2D eigenvalue weighted by Gasteiger charge is 2.10. The molecule has 22 heavy (non-hydrogen) atoms. The topological polar surface area (TPSA) is 74.8 Å². The van der Waals surface area contributed by atoms with Crippen molar-refractivity contribution in [1.82, 2.24) is 9.97 Å². The van der Waals surface area contributed by atoms with Crippen LogP contribution in [0.1, 0.15) is 23.5 Å². The number of amides is 1. The standard InChI is InChI=1S/C15H15ClFN3O2/c1-8-11(15(22)19-9(2)18-8)4-6-14(21)20-10-3-5-13(17)12(16)7-10/h3,5,7H,4,6H2,1-2H3,(H,20,21)(H,18,19,22). The van der Waals surface area contributed by atoms with Crippen LogP contribution in [0.2, 0.25) is 5.02 Å². The third-order valence-corrected chi connectivity index (χ3v) is 3.44. The summed E-state index contributed by atoms with van der Waals surface area (Å²) in [5.41, 5.74) is 1.27. The van der Waals surface area contributed by atoms with Crippen molar-refractivity contribution < 1.29 is 9.18 Å². The largest absolute Gasteiger partial charge is 0.326 e. The van der Waals surface area contributed by atoms with Gasteiger partial charge in [0.1, 0.15) is 11.6 Å². The summed E-state index contributed by atoms with van der Waals surface area (Å²) >= 11 is 5.65. The predicted octanol–water partition coefficient (Wildman–Crippen LogP) is 2.75. The van der Waals surface area contributed by atoms with E-state index in [0.717, 1.165) is 0 Å². The minimum absolute atomic E-state index is 0.0622. The van der Waals surface area contributed by atoms with Gasteiger partial charge in [0.2, 0.25) is 5.91 Å². The van der Waals surface area contributed by atoms with Crippen molar-refractivity contribution in [3.8, 4) is 0 Å². The number of H-pyrrole nitrogens is 1. The first-order valence-corrected chi connectivity index (χ1v) is 7.06. The molecule has 0 unspecified atom stereocenters. The molecule has 0 bridgehead atoms. The Morgan fingerprint density at radius 3 is 2.77 bits per heavy atom. The molecular formula is C15H15ClFN3O2. The van der Waals surface area contributed by atoms with E-state index in [1.807, 2.05) is 0 Å². The second-order valence-electron chi connectivity index (χ2n) is 4.89. The number of rotatable bonds is 4. The number of carbonyl (C=O) groups excluding carboxylic acids is 1. The molecule has 0 aliphatic rings. The first-order chi connectivity index (χ1) is 10.4. The van der Waals surface area contributed by atoms with Crippen LogP contribution in [0.4, 0.5) is 10.1 Å². The van der Waals surface area contributed by atoms with E-state index in [9.17, 15) is 14.0 Å². The van der Waals surface area contributed by atoms with Crippen LogP contribution in [0, 0.1) is 19.7 Å². The van der Waals surface area contributed by atoms with Crippen LogP contribution in [0.3, 0.4) is 0 Å². The van der Waals surface area contributed by atoms with Gasteiger partial charge in [-0.1, -0.05) is 11.6 Å². The van der Waals surface area contributed by atoms with Crippen molar-refractivity contribution in [1.29, 1.82) is 0 Å². The summed E-state index contributed by atoms with van der Waals surface area (Å²) in [6, 6.07) is 3.93. The van der Waals surface area contributed by atoms with Gasteiger partial charge in [0.05, 0.1) is 5.02 Å². The maximum absolute atomic E-state index is 13.0. The third-order valence-electron chi connectivity index (χ3n) is 3.15. The van der Waals surface area contributed by atoms with Crippen LogP contribution in [0.5, 0.6) is 0 Å². The van der Waals surface area contributed by atoms with Gasteiger partial charge in [-0.25, -0.2) is 9.37 Å². The number of aryl methyl sites for hydroxylation is 2. The molecule has 0 spiro atoms. The Morgan fingerprint density at radius 2 is 2.14 bits per heavy atom. The lowest BCUT2D eigenvalue weighted by Gasteiger charge is -2.07. The fourth-order valence-electron chi connectivity index (χ4n) is 2.08. The first kappa shape index (κ1) is 16.2.